The fourth-order valence-corrected chi connectivity index (χ4v) is 3.97. The van der Waals surface area contributed by atoms with E-state index in [2.05, 4.69) is 136 Å². The molecule has 0 unspecified atom stereocenters. The zero-order valence-corrected chi connectivity index (χ0v) is 18.8. The van der Waals surface area contributed by atoms with E-state index < -0.39 is 0 Å². The maximum atomic E-state index is 2.35. The van der Waals surface area contributed by atoms with Crippen LogP contribution in [0.3, 0.4) is 0 Å². The predicted molar refractivity (Wildman–Crippen MR) is 135 cm³/mol. The van der Waals surface area contributed by atoms with Crippen molar-refractivity contribution in [3.8, 4) is 0 Å². The molecular formula is C30H29N. The Morgan fingerprint density at radius 2 is 1.13 bits per heavy atom. The van der Waals surface area contributed by atoms with Gasteiger partial charge in [0.15, 0.2) is 0 Å². The zero-order chi connectivity index (χ0) is 21.8. The molecule has 0 amide bonds. The van der Waals surface area contributed by atoms with Crippen molar-refractivity contribution in [2.24, 2.45) is 0 Å². The van der Waals surface area contributed by atoms with Crippen LogP contribution in [0.1, 0.15) is 33.4 Å². The molecule has 0 atom stereocenters. The Morgan fingerprint density at radius 1 is 0.548 bits per heavy atom. The van der Waals surface area contributed by atoms with Crippen LogP contribution >= 0.6 is 0 Å². The van der Waals surface area contributed by atoms with Crippen LogP contribution in [0.15, 0.2) is 91.0 Å². The topological polar surface area (TPSA) is 3.24 Å². The molecule has 1 heteroatoms. The van der Waals surface area contributed by atoms with Gasteiger partial charge < -0.3 is 4.90 Å². The molecule has 0 saturated heterocycles. The van der Waals surface area contributed by atoms with Gasteiger partial charge in [0.25, 0.3) is 0 Å². The summed E-state index contributed by atoms with van der Waals surface area (Å²) in [6.07, 6.45) is 4.39. The lowest BCUT2D eigenvalue weighted by Crippen LogP contribution is -2.12. The summed E-state index contributed by atoms with van der Waals surface area (Å²) in [5, 5.41) is 0. The van der Waals surface area contributed by atoms with Crippen LogP contribution in [0.4, 0.5) is 17.1 Å². The molecule has 0 aliphatic rings. The molecule has 0 fully saturated rings. The van der Waals surface area contributed by atoms with Crippen molar-refractivity contribution >= 4 is 29.2 Å². The number of anilines is 3. The monoisotopic (exact) mass is 403 g/mol. The quantitative estimate of drug-likeness (QED) is 0.302. The lowest BCUT2D eigenvalue weighted by atomic mass is 10.0. The lowest BCUT2D eigenvalue weighted by molar-refractivity contribution is 1.22. The van der Waals surface area contributed by atoms with Crippen LogP contribution in [-0.4, -0.2) is 0 Å². The first-order valence-electron chi connectivity index (χ1n) is 10.8. The van der Waals surface area contributed by atoms with Crippen LogP contribution in [0, 0.1) is 27.7 Å². The SMILES string of the molecule is Cc1ccc(C=Cc2ccc(N(c3ccccc3C)c3ccccc3C)cc2)c(C)c1. The van der Waals surface area contributed by atoms with E-state index >= 15 is 0 Å². The fraction of sp³-hybridized carbons (Fsp3) is 0.133. The molecule has 4 rings (SSSR count). The number of aryl methyl sites for hydroxylation is 4. The van der Waals surface area contributed by atoms with Gasteiger partial charge in [-0.1, -0.05) is 84.4 Å². The van der Waals surface area contributed by atoms with E-state index in [0.717, 1.165) is 5.69 Å². The second kappa shape index (κ2) is 9.06. The molecule has 0 aliphatic heterocycles. The Balaban J connectivity index is 1.69. The van der Waals surface area contributed by atoms with E-state index in [-0.39, 0.29) is 0 Å². The summed E-state index contributed by atoms with van der Waals surface area (Å²) in [7, 11) is 0. The maximum Gasteiger partial charge on any atom is 0.0490 e. The van der Waals surface area contributed by atoms with Crippen LogP contribution < -0.4 is 4.90 Å². The fourth-order valence-electron chi connectivity index (χ4n) is 3.97. The van der Waals surface area contributed by atoms with Crippen LogP contribution in [-0.2, 0) is 0 Å². The van der Waals surface area contributed by atoms with Crippen LogP contribution in [0.25, 0.3) is 12.2 Å². The lowest BCUT2D eigenvalue weighted by Gasteiger charge is -2.28. The summed E-state index contributed by atoms with van der Waals surface area (Å²) in [5.41, 5.74) is 11.1. The van der Waals surface area contributed by atoms with Crippen molar-refractivity contribution in [1.82, 2.24) is 0 Å². The first kappa shape index (κ1) is 20.7. The number of para-hydroxylation sites is 2. The molecule has 0 aromatic heterocycles. The van der Waals surface area contributed by atoms with Crippen molar-refractivity contribution < 1.29 is 0 Å². The molecule has 4 aromatic carbocycles. The second-order valence-corrected chi connectivity index (χ2v) is 8.19. The third kappa shape index (κ3) is 4.62. The number of nitrogens with zero attached hydrogens (tertiary/aromatic N) is 1. The van der Waals surface area contributed by atoms with E-state index in [1.165, 1.54) is 44.8 Å². The van der Waals surface area contributed by atoms with Gasteiger partial charge in [0.1, 0.15) is 0 Å². The van der Waals surface area contributed by atoms with Gasteiger partial charge in [-0.3, -0.25) is 0 Å². The maximum absolute atomic E-state index is 2.35. The van der Waals surface area contributed by atoms with Gasteiger partial charge >= 0.3 is 0 Å². The second-order valence-electron chi connectivity index (χ2n) is 8.19. The van der Waals surface area contributed by atoms with Gasteiger partial charge in [-0.05, 0) is 79.8 Å². The number of hydrogen-bond acceptors (Lipinski definition) is 1. The number of hydrogen-bond donors (Lipinski definition) is 0. The predicted octanol–water partition coefficient (Wildman–Crippen LogP) is 8.56. The summed E-state index contributed by atoms with van der Waals surface area (Å²) in [6.45, 7) is 8.63. The van der Waals surface area contributed by atoms with Gasteiger partial charge in [0.05, 0.1) is 0 Å². The highest BCUT2D eigenvalue weighted by atomic mass is 15.1. The Kier molecular flexibility index (Phi) is 6.04. The van der Waals surface area contributed by atoms with Crippen molar-refractivity contribution in [2.75, 3.05) is 4.90 Å². The van der Waals surface area contributed by atoms with Crippen LogP contribution in [0.5, 0.6) is 0 Å². The molecule has 0 radical (unpaired) electrons. The molecule has 0 N–H and O–H groups in total. The number of benzene rings is 4. The molecule has 154 valence electrons. The van der Waals surface area contributed by atoms with Crippen molar-refractivity contribution in [1.29, 1.82) is 0 Å². The largest absolute Gasteiger partial charge is 0.310 e. The van der Waals surface area contributed by atoms with Crippen molar-refractivity contribution in [3.63, 3.8) is 0 Å². The summed E-state index contributed by atoms with van der Waals surface area (Å²) >= 11 is 0. The van der Waals surface area contributed by atoms with Crippen LogP contribution in [0.2, 0.25) is 0 Å². The highest BCUT2D eigenvalue weighted by Crippen LogP contribution is 2.38. The third-order valence-corrected chi connectivity index (χ3v) is 5.74. The smallest absolute Gasteiger partial charge is 0.0490 e. The summed E-state index contributed by atoms with van der Waals surface area (Å²) in [4.78, 5) is 2.35. The minimum Gasteiger partial charge on any atom is -0.310 e. The average Bonchev–Trinajstić information content (AvgIpc) is 2.77. The molecular weight excluding hydrogens is 374 g/mol. The molecule has 0 spiro atoms. The molecule has 0 bridgehead atoms. The van der Waals surface area contributed by atoms with Gasteiger partial charge in [-0.25, -0.2) is 0 Å². The van der Waals surface area contributed by atoms with Crippen molar-refractivity contribution in [2.45, 2.75) is 27.7 Å². The Labute approximate surface area is 186 Å². The molecule has 0 aliphatic carbocycles. The molecule has 0 heterocycles. The first-order valence-corrected chi connectivity index (χ1v) is 10.8. The third-order valence-electron chi connectivity index (χ3n) is 5.74. The van der Waals surface area contributed by atoms with E-state index in [4.69, 9.17) is 0 Å². The molecule has 4 aromatic rings. The normalized spacial score (nSPS) is 11.1. The first-order chi connectivity index (χ1) is 15.0. The van der Waals surface area contributed by atoms with Crippen molar-refractivity contribution in [3.05, 3.63) is 124 Å². The highest BCUT2D eigenvalue weighted by molar-refractivity contribution is 5.81. The Hall–Kier alpha value is -3.58. The highest BCUT2D eigenvalue weighted by Gasteiger charge is 2.15. The van der Waals surface area contributed by atoms with E-state index in [9.17, 15) is 0 Å². The number of rotatable bonds is 5. The van der Waals surface area contributed by atoms with Gasteiger partial charge in [-0.15, -0.1) is 0 Å². The standard InChI is InChI=1S/C30H29N/c1-22-13-17-27(25(4)21-22)18-14-26-15-19-28(20-16-26)31(29-11-7-5-9-23(29)2)30-12-8-6-10-24(30)3/h5-21H,1-4H3. The molecule has 0 saturated carbocycles. The Bertz CT molecular complexity index is 1170. The zero-order valence-electron chi connectivity index (χ0n) is 18.8. The van der Waals surface area contributed by atoms with Gasteiger partial charge in [0, 0.05) is 17.1 Å². The van der Waals surface area contributed by atoms with Gasteiger partial charge in [-0.2, -0.15) is 0 Å². The summed E-state index contributed by atoms with van der Waals surface area (Å²) in [5.74, 6) is 0. The average molecular weight is 404 g/mol. The summed E-state index contributed by atoms with van der Waals surface area (Å²) < 4.78 is 0. The Morgan fingerprint density at radius 3 is 1.68 bits per heavy atom. The van der Waals surface area contributed by atoms with Gasteiger partial charge in [0.2, 0.25) is 0 Å². The summed E-state index contributed by atoms with van der Waals surface area (Å²) in [6, 6.07) is 32.5. The molecule has 31 heavy (non-hydrogen) atoms. The van der Waals surface area contributed by atoms with E-state index in [0.29, 0.717) is 0 Å². The molecule has 1 nitrogen and oxygen atoms in total. The van der Waals surface area contributed by atoms with E-state index in [1.54, 1.807) is 0 Å². The minimum atomic E-state index is 1.16. The van der Waals surface area contributed by atoms with E-state index in [1.807, 2.05) is 0 Å². The minimum absolute atomic E-state index is 1.16.